The number of anilines is 1. The van der Waals surface area contributed by atoms with Gasteiger partial charge in [-0.25, -0.2) is 9.97 Å². The predicted octanol–water partition coefficient (Wildman–Crippen LogP) is 6.76. The maximum Gasteiger partial charge on any atom is 0.573 e. The Hall–Kier alpha value is -3.53. The lowest BCUT2D eigenvalue weighted by Crippen LogP contribution is -2.17. The molecule has 1 N–H and O–H groups in total. The van der Waals surface area contributed by atoms with E-state index in [0.29, 0.717) is 34.2 Å². The minimum Gasteiger partial charge on any atom is -0.493 e. The topological polar surface area (TPSA) is 65.5 Å². The molecule has 2 aromatic carbocycles. The van der Waals surface area contributed by atoms with Gasteiger partial charge in [0.1, 0.15) is 17.4 Å². The van der Waals surface area contributed by atoms with Crippen LogP contribution in [0.5, 0.6) is 17.2 Å². The Morgan fingerprint density at radius 3 is 2.41 bits per heavy atom. The number of nitrogens with one attached hydrogen (secondary N) is 1. The molecule has 2 heterocycles. The average Bonchev–Trinajstić information content (AvgIpc) is 3.28. The van der Waals surface area contributed by atoms with Crippen molar-refractivity contribution < 1.29 is 27.4 Å². The number of ether oxygens (including phenoxy) is 3. The number of benzene rings is 2. The van der Waals surface area contributed by atoms with Crippen molar-refractivity contribution >= 4 is 28.1 Å². The molecule has 0 bridgehead atoms. The van der Waals surface area contributed by atoms with Crippen molar-refractivity contribution in [2.45, 2.75) is 26.3 Å². The minimum atomic E-state index is -4.73. The third-order valence-electron chi connectivity index (χ3n) is 5.07. The Morgan fingerprint density at radius 2 is 1.71 bits per heavy atom. The van der Waals surface area contributed by atoms with Crippen LogP contribution in [0.2, 0.25) is 0 Å². The smallest absolute Gasteiger partial charge is 0.493 e. The number of aryl methyl sites for hydroxylation is 1. The van der Waals surface area contributed by atoms with Crippen LogP contribution in [-0.2, 0) is 0 Å². The number of fused-ring (bicyclic) bond motifs is 1. The van der Waals surface area contributed by atoms with Gasteiger partial charge in [-0.05, 0) is 49.7 Å². The molecular weight excluding hydrogens is 467 g/mol. The summed E-state index contributed by atoms with van der Waals surface area (Å²) in [6, 6.07) is 13.3. The molecule has 0 fully saturated rings. The van der Waals surface area contributed by atoms with Crippen LogP contribution in [0.1, 0.15) is 23.7 Å². The van der Waals surface area contributed by atoms with Gasteiger partial charge < -0.3 is 19.5 Å². The van der Waals surface area contributed by atoms with Crippen molar-refractivity contribution in [3.8, 4) is 27.7 Å². The molecular formula is C24H22F3N3O3S. The summed E-state index contributed by atoms with van der Waals surface area (Å²) in [7, 11) is 3.13. The highest BCUT2D eigenvalue weighted by molar-refractivity contribution is 7.15. The molecule has 0 aliphatic rings. The van der Waals surface area contributed by atoms with Crippen LogP contribution in [0.3, 0.4) is 0 Å². The average molecular weight is 490 g/mol. The first-order chi connectivity index (χ1) is 16.2. The second kappa shape index (κ2) is 9.38. The van der Waals surface area contributed by atoms with Crippen molar-refractivity contribution in [2.24, 2.45) is 0 Å². The lowest BCUT2D eigenvalue weighted by atomic mass is 10.1. The second-order valence-corrected chi connectivity index (χ2v) is 8.60. The Balaban J connectivity index is 1.61. The Labute approximate surface area is 198 Å². The fraction of sp³-hybridized carbons (Fsp3) is 0.250. The zero-order chi connectivity index (χ0) is 24.5. The Morgan fingerprint density at radius 1 is 0.971 bits per heavy atom. The molecule has 2 aromatic heterocycles. The largest absolute Gasteiger partial charge is 0.573 e. The minimum absolute atomic E-state index is 0.126. The maximum absolute atomic E-state index is 12.6. The summed E-state index contributed by atoms with van der Waals surface area (Å²) >= 11 is 1.48. The van der Waals surface area contributed by atoms with Crippen LogP contribution in [0.4, 0.5) is 19.0 Å². The van der Waals surface area contributed by atoms with Crippen LogP contribution in [0.25, 0.3) is 21.3 Å². The molecule has 0 radical (unpaired) electrons. The van der Waals surface area contributed by atoms with E-state index < -0.39 is 6.36 Å². The van der Waals surface area contributed by atoms with Crippen LogP contribution < -0.4 is 19.5 Å². The second-order valence-electron chi connectivity index (χ2n) is 7.49. The summed E-state index contributed by atoms with van der Waals surface area (Å²) < 4.78 is 52.6. The van der Waals surface area contributed by atoms with Gasteiger partial charge in [-0.15, -0.1) is 24.5 Å². The standard InChI is InChI=1S/C24H22F3N3O3S/c1-13(21-8-9-22(34-21)15-6-5-7-16(10-15)33-24(25,26)27)28-23-17-11-19(31-3)20(32-4)12-18(17)29-14(2)30-23/h5-13H,1-4H3,(H,28,29,30)/t13-/m0/s1. The molecule has 0 aliphatic carbocycles. The molecule has 0 saturated carbocycles. The van der Waals surface area contributed by atoms with Crippen LogP contribution >= 0.6 is 11.3 Å². The van der Waals surface area contributed by atoms with Gasteiger partial charge in [0.05, 0.1) is 25.8 Å². The molecule has 6 nitrogen and oxygen atoms in total. The molecule has 1 atom stereocenters. The van der Waals surface area contributed by atoms with E-state index >= 15 is 0 Å². The lowest BCUT2D eigenvalue weighted by Gasteiger charge is -2.16. The molecule has 0 spiro atoms. The molecule has 0 unspecified atom stereocenters. The number of halogens is 3. The van der Waals surface area contributed by atoms with Crippen molar-refractivity contribution in [1.82, 2.24) is 9.97 Å². The van der Waals surface area contributed by atoms with Gasteiger partial charge in [0.2, 0.25) is 0 Å². The number of aromatic nitrogens is 2. The number of nitrogens with zero attached hydrogens (tertiary/aromatic N) is 2. The number of methoxy groups -OCH3 is 2. The zero-order valence-electron chi connectivity index (χ0n) is 18.9. The van der Waals surface area contributed by atoms with Crippen molar-refractivity contribution in [2.75, 3.05) is 19.5 Å². The first-order valence-corrected chi connectivity index (χ1v) is 11.1. The van der Waals surface area contributed by atoms with Crippen LogP contribution in [0.15, 0.2) is 48.5 Å². The Kier molecular flexibility index (Phi) is 6.52. The first kappa shape index (κ1) is 23.6. The fourth-order valence-corrected chi connectivity index (χ4v) is 4.55. The van der Waals surface area contributed by atoms with E-state index in [-0.39, 0.29) is 11.8 Å². The summed E-state index contributed by atoms with van der Waals surface area (Å²) in [6.45, 7) is 3.80. The van der Waals surface area contributed by atoms with Gasteiger partial charge in [-0.3, -0.25) is 0 Å². The van der Waals surface area contributed by atoms with Gasteiger partial charge in [0.15, 0.2) is 11.5 Å². The molecule has 4 aromatic rings. The summed E-state index contributed by atoms with van der Waals surface area (Å²) in [5.74, 6) is 2.14. The number of hydrogen-bond donors (Lipinski definition) is 1. The van der Waals surface area contributed by atoms with Gasteiger partial charge in [0.25, 0.3) is 0 Å². The van der Waals surface area contributed by atoms with E-state index in [9.17, 15) is 13.2 Å². The summed E-state index contributed by atoms with van der Waals surface area (Å²) in [5, 5.41) is 4.21. The van der Waals surface area contributed by atoms with Gasteiger partial charge in [-0.2, -0.15) is 0 Å². The molecule has 0 aliphatic heterocycles. The highest BCUT2D eigenvalue weighted by atomic mass is 32.1. The van der Waals surface area contributed by atoms with E-state index in [1.807, 2.05) is 32.0 Å². The van der Waals surface area contributed by atoms with E-state index in [2.05, 4.69) is 20.0 Å². The summed E-state index contributed by atoms with van der Waals surface area (Å²) in [6.07, 6.45) is -4.73. The summed E-state index contributed by atoms with van der Waals surface area (Å²) in [4.78, 5) is 10.9. The maximum atomic E-state index is 12.6. The van der Waals surface area contributed by atoms with E-state index in [0.717, 1.165) is 15.1 Å². The number of hydrogen-bond acceptors (Lipinski definition) is 7. The van der Waals surface area contributed by atoms with Crippen LogP contribution in [0, 0.1) is 6.92 Å². The third kappa shape index (κ3) is 5.17. The zero-order valence-corrected chi connectivity index (χ0v) is 19.7. The van der Waals surface area contributed by atoms with Crippen molar-refractivity contribution in [1.29, 1.82) is 0 Å². The summed E-state index contributed by atoms with van der Waals surface area (Å²) in [5.41, 5.74) is 1.36. The predicted molar refractivity (Wildman–Crippen MR) is 126 cm³/mol. The number of thiophene rings is 1. The molecule has 178 valence electrons. The van der Waals surface area contributed by atoms with Crippen molar-refractivity contribution in [3.05, 3.63) is 59.2 Å². The lowest BCUT2D eigenvalue weighted by molar-refractivity contribution is -0.274. The van der Waals surface area contributed by atoms with Crippen LogP contribution in [-0.4, -0.2) is 30.5 Å². The number of alkyl halides is 3. The van der Waals surface area contributed by atoms with E-state index in [4.69, 9.17) is 9.47 Å². The van der Waals surface area contributed by atoms with Crippen molar-refractivity contribution in [3.63, 3.8) is 0 Å². The molecule has 0 amide bonds. The van der Waals surface area contributed by atoms with Gasteiger partial charge in [0, 0.05) is 21.2 Å². The highest BCUT2D eigenvalue weighted by Crippen LogP contribution is 2.37. The Bertz CT molecular complexity index is 1320. The third-order valence-corrected chi connectivity index (χ3v) is 6.39. The van der Waals surface area contributed by atoms with Gasteiger partial charge >= 0.3 is 6.36 Å². The van der Waals surface area contributed by atoms with Gasteiger partial charge in [-0.1, -0.05) is 12.1 Å². The molecule has 10 heteroatoms. The molecule has 34 heavy (non-hydrogen) atoms. The highest BCUT2D eigenvalue weighted by Gasteiger charge is 2.31. The quantitative estimate of drug-likeness (QED) is 0.310. The SMILES string of the molecule is COc1cc2nc(C)nc(N[C@@H](C)c3ccc(-c4cccc(OC(F)(F)F)c4)s3)c2cc1OC. The van der Waals surface area contributed by atoms with E-state index in [1.165, 1.54) is 29.5 Å². The fourth-order valence-electron chi connectivity index (χ4n) is 3.55. The monoisotopic (exact) mass is 489 g/mol. The number of rotatable bonds is 7. The molecule has 0 saturated heterocycles. The first-order valence-electron chi connectivity index (χ1n) is 10.3. The van der Waals surface area contributed by atoms with E-state index in [1.54, 1.807) is 26.4 Å². The molecule has 4 rings (SSSR count). The normalized spacial score (nSPS) is 12.4.